The van der Waals surface area contributed by atoms with Crippen LogP contribution in [-0.4, -0.2) is 56.9 Å². The largest absolute Gasteiger partial charge is 0.454 e. The topological polar surface area (TPSA) is 58.1 Å². The number of fused-ring (bicyclic) bond motifs is 1. The number of hydrogen-bond acceptors (Lipinski definition) is 4. The molecule has 0 saturated carbocycles. The Morgan fingerprint density at radius 3 is 2.85 bits per heavy atom. The molecule has 2 heterocycles. The maximum absolute atomic E-state index is 5.44. The van der Waals surface area contributed by atoms with Crippen LogP contribution < -0.4 is 20.1 Å². The van der Waals surface area contributed by atoms with E-state index in [1.165, 1.54) is 31.5 Å². The molecule has 1 aromatic carbocycles. The molecule has 1 atom stereocenters. The minimum atomic E-state index is 0. The highest BCUT2D eigenvalue weighted by Gasteiger charge is 2.21. The van der Waals surface area contributed by atoms with Crippen molar-refractivity contribution in [2.75, 3.05) is 40.0 Å². The molecule has 6 nitrogen and oxygen atoms in total. The number of aliphatic imine (C=N–C) groups is 1. The van der Waals surface area contributed by atoms with E-state index in [0.717, 1.165) is 37.0 Å². The summed E-state index contributed by atoms with van der Waals surface area (Å²) < 4.78 is 10.8. The third-order valence-corrected chi connectivity index (χ3v) is 5.21. The van der Waals surface area contributed by atoms with Crippen molar-refractivity contribution < 1.29 is 9.47 Å². The van der Waals surface area contributed by atoms with E-state index in [4.69, 9.17) is 9.47 Å². The lowest BCUT2D eigenvalue weighted by atomic mass is 9.97. The standard InChI is InChI=1S/C20H32N4O2.HI/c1-15(2)24-10-4-5-17(13-24)12-23-20(21-3)22-9-8-16-6-7-18-19(11-16)26-14-25-18;/h6-7,11,15,17H,4-5,8-10,12-14H2,1-3H3,(H2,21,22,23);1H. The van der Waals surface area contributed by atoms with Gasteiger partial charge in [0.1, 0.15) is 0 Å². The van der Waals surface area contributed by atoms with Crippen molar-refractivity contribution in [3.8, 4) is 11.5 Å². The molecule has 0 aliphatic carbocycles. The second-order valence-electron chi connectivity index (χ2n) is 7.41. The summed E-state index contributed by atoms with van der Waals surface area (Å²) in [5, 5.41) is 6.91. The molecule has 0 spiro atoms. The first-order valence-corrected chi connectivity index (χ1v) is 9.73. The first kappa shape index (κ1) is 22.1. The summed E-state index contributed by atoms with van der Waals surface area (Å²) in [6.07, 6.45) is 3.51. The van der Waals surface area contributed by atoms with Crippen molar-refractivity contribution in [3.05, 3.63) is 23.8 Å². The lowest BCUT2D eigenvalue weighted by molar-refractivity contribution is 0.141. The number of benzene rings is 1. The van der Waals surface area contributed by atoms with Crippen LogP contribution in [0.3, 0.4) is 0 Å². The lowest BCUT2D eigenvalue weighted by Crippen LogP contribution is -2.46. The van der Waals surface area contributed by atoms with E-state index in [9.17, 15) is 0 Å². The van der Waals surface area contributed by atoms with Gasteiger partial charge in [-0.25, -0.2) is 0 Å². The van der Waals surface area contributed by atoms with E-state index in [0.29, 0.717) is 18.8 Å². The monoisotopic (exact) mass is 488 g/mol. The fourth-order valence-corrected chi connectivity index (χ4v) is 3.62. The van der Waals surface area contributed by atoms with Crippen molar-refractivity contribution in [2.24, 2.45) is 10.9 Å². The number of likely N-dealkylation sites (tertiary alicyclic amines) is 1. The number of piperidine rings is 1. The van der Waals surface area contributed by atoms with Gasteiger partial charge >= 0.3 is 0 Å². The van der Waals surface area contributed by atoms with Gasteiger partial charge in [0, 0.05) is 32.7 Å². The van der Waals surface area contributed by atoms with Gasteiger partial charge in [0.2, 0.25) is 6.79 Å². The molecule has 1 fully saturated rings. The van der Waals surface area contributed by atoms with Crippen LogP contribution in [0, 0.1) is 5.92 Å². The lowest BCUT2D eigenvalue weighted by Gasteiger charge is -2.35. The number of rotatable bonds is 6. The maximum Gasteiger partial charge on any atom is 0.231 e. The Kier molecular flexibility index (Phi) is 8.95. The first-order valence-electron chi connectivity index (χ1n) is 9.73. The van der Waals surface area contributed by atoms with Crippen molar-refractivity contribution in [1.29, 1.82) is 0 Å². The van der Waals surface area contributed by atoms with E-state index in [2.05, 4.69) is 46.5 Å². The van der Waals surface area contributed by atoms with E-state index in [1.807, 2.05) is 13.1 Å². The third kappa shape index (κ3) is 6.41. The summed E-state index contributed by atoms with van der Waals surface area (Å²) in [5.41, 5.74) is 1.23. The number of halogens is 1. The van der Waals surface area contributed by atoms with Crippen LogP contribution in [0.15, 0.2) is 23.2 Å². The molecule has 2 aliphatic rings. The van der Waals surface area contributed by atoms with Crippen LogP contribution in [0.2, 0.25) is 0 Å². The minimum Gasteiger partial charge on any atom is -0.454 e. The Morgan fingerprint density at radius 1 is 1.26 bits per heavy atom. The van der Waals surface area contributed by atoms with E-state index < -0.39 is 0 Å². The Hall–Kier alpha value is -1.22. The van der Waals surface area contributed by atoms with Gasteiger partial charge < -0.3 is 25.0 Å². The van der Waals surface area contributed by atoms with Crippen molar-refractivity contribution >= 4 is 29.9 Å². The molecule has 3 rings (SSSR count). The summed E-state index contributed by atoms with van der Waals surface area (Å²) in [6.45, 7) is 9.12. The fraction of sp³-hybridized carbons (Fsp3) is 0.650. The van der Waals surface area contributed by atoms with Crippen molar-refractivity contribution in [1.82, 2.24) is 15.5 Å². The average molecular weight is 488 g/mol. The highest BCUT2D eigenvalue weighted by Crippen LogP contribution is 2.32. The smallest absolute Gasteiger partial charge is 0.231 e. The highest BCUT2D eigenvalue weighted by atomic mass is 127. The van der Waals surface area contributed by atoms with E-state index in [1.54, 1.807) is 0 Å². The van der Waals surface area contributed by atoms with Crippen molar-refractivity contribution in [2.45, 2.75) is 39.2 Å². The van der Waals surface area contributed by atoms with Gasteiger partial charge in [-0.15, -0.1) is 24.0 Å². The maximum atomic E-state index is 5.44. The molecule has 0 amide bonds. The van der Waals surface area contributed by atoms with Crippen molar-refractivity contribution in [3.63, 3.8) is 0 Å². The number of nitrogens with zero attached hydrogens (tertiary/aromatic N) is 2. The van der Waals surface area contributed by atoms with Crippen LogP contribution in [0.25, 0.3) is 0 Å². The zero-order valence-electron chi connectivity index (χ0n) is 16.7. The molecular formula is C20H33IN4O2. The SMILES string of the molecule is CN=C(NCCc1ccc2c(c1)OCO2)NCC1CCCN(C(C)C)C1.I. The number of hydrogen-bond donors (Lipinski definition) is 2. The summed E-state index contributed by atoms with van der Waals surface area (Å²) in [5.74, 6) is 3.25. The molecule has 7 heteroatoms. The van der Waals surface area contributed by atoms with Crippen LogP contribution in [0.5, 0.6) is 11.5 Å². The Bertz CT molecular complexity index is 624. The number of guanidine groups is 1. The van der Waals surface area contributed by atoms with Gasteiger partial charge in [-0.05, 0) is 63.3 Å². The summed E-state index contributed by atoms with van der Waals surface area (Å²) in [4.78, 5) is 6.93. The van der Waals surface area contributed by atoms with Gasteiger partial charge in [0.15, 0.2) is 17.5 Å². The van der Waals surface area contributed by atoms with Gasteiger partial charge in [0.05, 0.1) is 0 Å². The molecule has 2 N–H and O–H groups in total. The molecule has 1 aromatic rings. The third-order valence-electron chi connectivity index (χ3n) is 5.21. The van der Waals surface area contributed by atoms with Gasteiger partial charge in [-0.2, -0.15) is 0 Å². The molecule has 27 heavy (non-hydrogen) atoms. The fourth-order valence-electron chi connectivity index (χ4n) is 3.62. The minimum absolute atomic E-state index is 0. The molecule has 0 radical (unpaired) electrons. The summed E-state index contributed by atoms with van der Waals surface area (Å²) in [7, 11) is 1.83. The average Bonchev–Trinajstić information content (AvgIpc) is 3.12. The predicted octanol–water partition coefficient (Wildman–Crippen LogP) is 2.86. The van der Waals surface area contributed by atoms with Crippen LogP contribution >= 0.6 is 24.0 Å². The molecular weight excluding hydrogens is 455 g/mol. The molecule has 0 aromatic heterocycles. The predicted molar refractivity (Wildman–Crippen MR) is 120 cm³/mol. The van der Waals surface area contributed by atoms with Gasteiger partial charge in [0.25, 0.3) is 0 Å². The number of ether oxygens (including phenoxy) is 2. The first-order chi connectivity index (χ1) is 12.7. The molecule has 0 bridgehead atoms. The molecule has 1 saturated heterocycles. The Labute approximate surface area is 180 Å². The zero-order chi connectivity index (χ0) is 18.4. The molecule has 1 unspecified atom stereocenters. The zero-order valence-corrected chi connectivity index (χ0v) is 19.0. The van der Waals surface area contributed by atoms with E-state index >= 15 is 0 Å². The second kappa shape index (κ2) is 10.9. The van der Waals surface area contributed by atoms with Gasteiger partial charge in [-0.1, -0.05) is 6.07 Å². The highest BCUT2D eigenvalue weighted by molar-refractivity contribution is 14.0. The normalized spacial score (nSPS) is 19.7. The van der Waals surface area contributed by atoms with Crippen LogP contribution in [-0.2, 0) is 6.42 Å². The summed E-state index contributed by atoms with van der Waals surface area (Å²) in [6, 6.07) is 6.77. The number of nitrogens with one attached hydrogen (secondary N) is 2. The van der Waals surface area contributed by atoms with E-state index in [-0.39, 0.29) is 24.0 Å². The van der Waals surface area contributed by atoms with Gasteiger partial charge in [-0.3, -0.25) is 4.99 Å². The quantitative estimate of drug-likeness (QED) is 0.367. The van der Waals surface area contributed by atoms with Crippen LogP contribution in [0.1, 0.15) is 32.3 Å². The second-order valence-corrected chi connectivity index (χ2v) is 7.41. The van der Waals surface area contributed by atoms with Crippen LogP contribution in [0.4, 0.5) is 0 Å². The molecule has 2 aliphatic heterocycles. The Balaban J connectivity index is 0.00000261. The summed E-state index contributed by atoms with van der Waals surface area (Å²) >= 11 is 0. The Morgan fingerprint density at radius 2 is 2.07 bits per heavy atom. The molecule has 152 valence electrons.